The quantitative estimate of drug-likeness (QED) is 0.645. The Morgan fingerprint density at radius 2 is 1.92 bits per heavy atom. The fourth-order valence-corrected chi connectivity index (χ4v) is 3.15. The van der Waals surface area contributed by atoms with E-state index in [1.165, 1.54) is 0 Å². The lowest BCUT2D eigenvalue weighted by Gasteiger charge is -2.18. The molecule has 0 aliphatic carbocycles. The van der Waals surface area contributed by atoms with Gasteiger partial charge < -0.3 is 10.1 Å². The average molecular weight is 412 g/mol. The van der Waals surface area contributed by atoms with E-state index in [2.05, 4.69) is 5.32 Å². The fourth-order valence-electron chi connectivity index (χ4n) is 2.25. The van der Waals surface area contributed by atoms with E-state index in [-0.39, 0.29) is 6.61 Å². The molecule has 0 bridgehead atoms. The number of hydrogen-bond acceptors (Lipinski definition) is 4. The van der Waals surface area contributed by atoms with Crippen LogP contribution in [-0.4, -0.2) is 29.9 Å². The van der Waals surface area contributed by atoms with Gasteiger partial charge in [0.15, 0.2) is 0 Å². The number of benzene rings is 2. The van der Waals surface area contributed by atoms with Crippen molar-refractivity contribution in [2.24, 2.45) is 0 Å². The van der Waals surface area contributed by atoms with Crippen molar-refractivity contribution in [3.8, 4) is 0 Å². The lowest BCUT2D eigenvalue weighted by atomic mass is 10.1. The normalized spacial score (nSPS) is 11.7. The standard InChI is InChI=1S/C19H19Cl2NO3S/c1-26-10-9-17(22-18(23)15-7-2-3-8-16(15)21)19(24)25-12-13-5-4-6-14(20)11-13/h2-8,11,17H,9-10,12H2,1H3,(H,22,23). The maximum absolute atomic E-state index is 12.4. The molecule has 0 aromatic heterocycles. The summed E-state index contributed by atoms with van der Waals surface area (Å²) in [5.74, 6) is -0.180. The summed E-state index contributed by atoms with van der Waals surface area (Å²) < 4.78 is 5.35. The first-order chi connectivity index (χ1) is 12.5. The van der Waals surface area contributed by atoms with Crippen LogP contribution in [0.4, 0.5) is 0 Å². The molecule has 1 atom stereocenters. The van der Waals surface area contributed by atoms with Gasteiger partial charge in [-0.3, -0.25) is 4.79 Å². The van der Waals surface area contributed by atoms with Crippen molar-refractivity contribution in [3.63, 3.8) is 0 Å². The number of carbonyl (C=O) groups excluding carboxylic acids is 2. The molecular weight excluding hydrogens is 393 g/mol. The SMILES string of the molecule is CSCCC(NC(=O)c1ccccc1Cl)C(=O)OCc1cccc(Cl)c1. The number of hydrogen-bond donors (Lipinski definition) is 1. The molecule has 0 radical (unpaired) electrons. The summed E-state index contributed by atoms with van der Waals surface area (Å²) in [7, 11) is 0. The second-order valence-electron chi connectivity index (χ2n) is 5.52. The molecule has 2 rings (SSSR count). The third-order valence-electron chi connectivity index (χ3n) is 3.59. The van der Waals surface area contributed by atoms with E-state index >= 15 is 0 Å². The van der Waals surface area contributed by atoms with Gasteiger partial charge in [-0.25, -0.2) is 4.79 Å². The largest absolute Gasteiger partial charge is 0.459 e. The first kappa shape index (κ1) is 20.6. The van der Waals surface area contributed by atoms with E-state index in [4.69, 9.17) is 27.9 Å². The van der Waals surface area contributed by atoms with Gasteiger partial charge in [0.1, 0.15) is 12.6 Å². The number of rotatable bonds is 8. The van der Waals surface area contributed by atoms with Gasteiger partial charge in [-0.1, -0.05) is 47.5 Å². The average Bonchev–Trinajstić information content (AvgIpc) is 2.63. The van der Waals surface area contributed by atoms with E-state index < -0.39 is 17.9 Å². The summed E-state index contributed by atoms with van der Waals surface area (Å²) in [4.78, 5) is 24.9. The van der Waals surface area contributed by atoms with Crippen molar-refractivity contribution in [1.82, 2.24) is 5.32 Å². The number of esters is 1. The number of ether oxygens (including phenoxy) is 1. The molecule has 0 saturated heterocycles. The molecule has 0 aliphatic heterocycles. The Bertz CT molecular complexity index is 770. The van der Waals surface area contributed by atoms with E-state index in [1.54, 1.807) is 54.2 Å². The number of amides is 1. The molecular formula is C19H19Cl2NO3S. The first-order valence-corrected chi connectivity index (χ1v) is 10.1. The van der Waals surface area contributed by atoms with E-state index in [0.717, 1.165) is 5.56 Å². The van der Waals surface area contributed by atoms with Crippen molar-refractivity contribution in [2.75, 3.05) is 12.0 Å². The smallest absolute Gasteiger partial charge is 0.329 e. The van der Waals surface area contributed by atoms with Crippen molar-refractivity contribution < 1.29 is 14.3 Å². The Labute approximate surface area is 167 Å². The number of nitrogens with one attached hydrogen (secondary N) is 1. The lowest BCUT2D eigenvalue weighted by Crippen LogP contribution is -2.42. The number of halogens is 2. The fraction of sp³-hybridized carbons (Fsp3) is 0.263. The van der Waals surface area contributed by atoms with Crippen LogP contribution in [-0.2, 0) is 16.1 Å². The van der Waals surface area contributed by atoms with Crippen molar-refractivity contribution in [3.05, 3.63) is 69.7 Å². The van der Waals surface area contributed by atoms with Crippen LogP contribution in [0.2, 0.25) is 10.0 Å². The Balaban J connectivity index is 2.02. The molecule has 0 saturated carbocycles. The van der Waals surface area contributed by atoms with Crippen LogP contribution < -0.4 is 5.32 Å². The van der Waals surface area contributed by atoms with E-state index in [1.807, 2.05) is 12.3 Å². The third kappa shape index (κ3) is 6.24. The van der Waals surface area contributed by atoms with Gasteiger partial charge in [0, 0.05) is 5.02 Å². The molecule has 0 fully saturated rings. The van der Waals surface area contributed by atoms with Crippen LogP contribution in [0.5, 0.6) is 0 Å². The van der Waals surface area contributed by atoms with Crippen LogP contribution in [0.3, 0.4) is 0 Å². The summed E-state index contributed by atoms with van der Waals surface area (Å²) in [5.41, 5.74) is 1.11. The molecule has 0 heterocycles. The summed E-state index contributed by atoms with van der Waals surface area (Å²) in [6, 6.07) is 13.0. The molecule has 1 amide bonds. The summed E-state index contributed by atoms with van der Waals surface area (Å²) >= 11 is 13.6. The zero-order valence-corrected chi connectivity index (χ0v) is 16.5. The van der Waals surface area contributed by atoms with Crippen LogP contribution in [0.1, 0.15) is 22.3 Å². The van der Waals surface area contributed by atoms with Gasteiger partial charge in [-0.15, -0.1) is 0 Å². The summed E-state index contributed by atoms with van der Waals surface area (Å²) in [6.45, 7) is 0.0944. The van der Waals surface area contributed by atoms with Gasteiger partial charge >= 0.3 is 5.97 Å². The molecule has 4 nitrogen and oxygen atoms in total. The van der Waals surface area contributed by atoms with Crippen LogP contribution in [0.25, 0.3) is 0 Å². The van der Waals surface area contributed by atoms with Crippen molar-refractivity contribution in [1.29, 1.82) is 0 Å². The Morgan fingerprint density at radius 3 is 2.62 bits per heavy atom. The Morgan fingerprint density at radius 1 is 1.15 bits per heavy atom. The van der Waals surface area contributed by atoms with Crippen molar-refractivity contribution in [2.45, 2.75) is 19.1 Å². The first-order valence-electron chi connectivity index (χ1n) is 7.96. The highest BCUT2D eigenvalue weighted by molar-refractivity contribution is 7.98. The zero-order valence-electron chi connectivity index (χ0n) is 14.2. The topological polar surface area (TPSA) is 55.4 Å². The summed E-state index contributed by atoms with van der Waals surface area (Å²) in [6.07, 6.45) is 2.40. The minimum atomic E-state index is -0.745. The van der Waals surface area contributed by atoms with Gasteiger partial charge in [0.2, 0.25) is 0 Å². The highest BCUT2D eigenvalue weighted by atomic mass is 35.5. The van der Waals surface area contributed by atoms with Gasteiger partial charge in [-0.05, 0) is 48.3 Å². The number of thioether (sulfide) groups is 1. The Hall–Kier alpha value is -1.69. The molecule has 1 unspecified atom stereocenters. The van der Waals surface area contributed by atoms with Crippen molar-refractivity contribution >= 4 is 46.8 Å². The predicted molar refractivity (Wildman–Crippen MR) is 107 cm³/mol. The minimum absolute atomic E-state index is 0.0944. The van der Waals surface area contributed by atoms with Crippen LogP contribution in [0, 0.1) is 0 Å². The Kier molecular flexibility index (Phi) is 8.29. The van der Waals surface area contributed by atoms with E-state index in [9.17, 15) is 9.59 Å². The van der Waals surface area contributed by atoms with Gasteiger partial charge in [0.05, 0.1) is 10.6 Å². The second-order valence-corrected chi connectivity index (χ2v) is 7.35. The van der Waals surface area contributed by atoms with Gasteiger partial charge in [0.25, 0.3) is 5.91 Å². The zero-order chi connectivity index (χ0) is 18.9. The minimum Gasteiger partial charge on any atom is -0.459 e. The van der Waals surface area contributed by atoms with Gasteiger partial charge in [-0.2, -0.15) is 11.8 Å². The third-order valence-corrected chi connectivity index (χ3v) is 4.80. The maximum atomic E-state index is 12.4. The highest BCUT2D eigenvalue weighted by Crippen LogP contribution is 2.16. The summed E-state index contributed by atoms with van der Waals surface area (Å²) in [5, 5.41) is 3.63. The molecule has 0 spiro atoms. The van der Waals surface area contributed by atoms with E-state index in [0.29, 0.717) is 27.8 Å². The van der Waals surface area contributed by atoms with Crippen LogP contribution >= 0.6 is 35.0 Å². The monoisotopic (exact) mass is 411 g/mol. The highest BCUT2D eigenvalue weighted by Gasteiger charge is 2.23. The van der Waals surface area contributed by atoms with Crippen LogP contribution in [0.15, 0.2) is 48.5 Å². The molecule has 0 aliphatic rings. The second kappa shape index (κ2) is 10.5. The molecule has 26 heavy (non-hydrogen) atoms. The number of carbonyl (C=O) groups is 2. The maximum Gasteiger partial charge on any atom is 0.329 e. The lowest BCUT2D eigenvalue weighted by molar-refractivity contribution is -0.147. The molecule has 1 N–H and O–H groups in total. The molecule has 138 valence electrons. The molecule has 2 aromatic carbocycles. The predicted octanol–water partition coefficient (Wildman–Crippen LogP) is 4.59. The molecule has 2 aromatic rings. The molecule has 7 heteroatoms.